The second-order valence-electron chi connectivity index (χ2n) is 5.30. The Morgan fingerprint density at radius 2 is 1.77 bits per heavy atom. The van der Waals surface area contributed by atoms with E-state index < -0.39 is 0 Å². The van der Waals surface area contributed by atoms with Crippen molar-refractivity contribution in [2.45, 2.75) is 0 Å². The fraction of sp³-hybridized carbons (Fsp3) is 0.0588. The molecule has 4 rings (SSSR count). The predicted octanol–water partition coefficient (Wildman–Crippen LogP) is 1.99. The standard InChI is InChI=1S/C17H14BrN3O/c1-20-10-11-4-2-3-5-14(11)15-16(20)17(22)21(19-15)13-8-6-12(18)7-9-13/h2-10,19,22H,1H3. The lowest BCUT2D eigenvalue weighted by Gasteiger charge is -2.20. The highest BCUT2D eigenvalue weighted by Gasteiger charge is 2.31. The molecule has 0 radical (unpaired) electrons. The zero-order chi connectivity index (χ0) is 15.3. The van der Waals surface area contributed by atoms with Gasteiger partial charge in [0.05, 0.1) is 11.4 Å². The molecular weight excluding hydrogens is 342 g/mol. The Bertz CT molecular complexity index is 902. The van der Waals surface area contributed by atoms with E-state index in [4.69, 9.17) is 0 Å². The number of hydrogen-bond acceptors (Lipinski definition) is 4. The average Bonchev–Trinajstić information content (AvgIpc) is 2.87. The lowest BCUT2D eigenvalue weighted by Crippen LogP contribution is -2.40. The van der Waals surface area contributed by atoms with Crippen LogP contribution in [0.5, 0.6) is 0 Å². The number of rotatable bonds is 1. The molecule has 0 unspecified atom stereocenters. The molecule has 0 amide bonds. The lowest BCUT2D eigenvalue weighted by atomic mass is 10.1. The Labute approximate surface area is 136 Å². The van der Waals surface area contributed by atoms with Crippen LogP contribution in [0, 0.1) is 0 Å². The molecule has 5 heteroatoms. The molecule has 0 spiro atoms. The number of aliphatic hydroxyl groups is 1. The fourth-order valence-corrected chi connectivity index (χ4v) is 3.11. The highest BCUT2D eigenvalue weighted by atomic mass is 79.9. The molecule has 4 nitrogen and oxygen atoms in total. The number of nitrogens with one attached hydrogen (secondary N) is 1. The van der Waals surface area contributed by atoms with E-state index in [2.05, 4.69) is 33.5 Å². The van der Waals surface area contributed by atoms with Gasteiger partial charge in [0.25, 0.3) is 0 Å². The normalized spacial score (nSPS) is 16.2. The number of hydrogen-bond donors (Lipinski definition) is 2. The molecule has 110 valence electrons. The van der Waals surface area contributed by atoms with Gasteiger partial charge in [0.2, 0.25) is 5.88 Å². The van der Waals surface area contributed by atoms with Gasteiger partial charge in [-0.05, 0) is 24.3 Å². The summed E-state index contributed by atoms with van der Waals surface area (Å²) in [4.78, 5) is 1.94. The minimum absolute atomic E-state index is 0.200. The van der Waals surface area contributed by atoms with Gasteiger partial charge in [0.1, 0.15) is 5.70 Å². The number of likely N-dealkylation sites (N-methyl/N-ethyl adjacent to an activating group) is 1. The number of fused-ring (bicyclic) bond motifs is 2. The zero-order valence-electron chi connectivity index (χ0n) is 11.9. The summed E-state index contributed by atoms with van der Waals surface area (Å²) in [5.41, 5.74) is 5.89. The number of halogens is 1. The summed E-state index contributed by atoms with van der Waals surface area (Å²) in [7, 11) is 1.94. The van der Waals surface area contributed by atoms with Crippen LogP contribution in [0.4, 0.5) is 5.69 Å². The Morgan fingerprint density at radius 3 is 2.55 bits per heavy atom. The Kier molecular flexibility index (Phi) is 2.90. The first-order chi connectivity index (χ1) is 10.6. The van der Waals surface area contributed by atoms with Gasteiger partial charge in [-0.1, -0.05) is 40.2 Å². The van der Waals surface area contributed by atoms with E-state index in [-0.39, 0.29) is 5.88 Å². The number of aliphatic hydroxyl groups excluding tert-OH is 1. The molecule has 22 heavy (non-hydrogen) atoms. The van der Waals surface area contributed by atoms with Crippen LogP contribution < -0.4 is 20.9 Å². The van der Waals surface area contributed by atoms with Gasteiger partial charge in [-0.3, -0.25) is 5.43 Å². The van der Waals surface area contributed by atoms with E-state index in [0.717, 1.165) is 32.0 Å². The molecule has 0 saturated carbocycles. The molecule has 2 aromatic rings. The van der Waals surface area contributed by atoms with E-state index in [1.165, 1.54) is 0 Å². The molecule has 2 aliphatic heterocycles. The van der Waals surface area contributed by atoms with Crippen LogP contribution in [0.25, 0.3) is 11.9 Å². The molecule has 0 aromatic heterocycles. The molecule has 2 aliphatic rings. The highest BCUT2D eigenvalue weighted by molar-refractivity contribution is 9.10. The number of hydrazine groups is 1. The maximum absolute atomic E-state index is 10.7. The van der Waals surface area contributed by atoms with Crippen molar-refractivity contribution >= 4 is 33.5 Å². The second-order valence-corrected chi connectivity index (χ2v) is 6.21. The molecular formula is C17H14BrN3O. The van der Waals surface area contributed by atoms with Crippen molar-refractivity contribution in [1.82, 2.24) is 10.3 Å². The summed E-state index contributed by atoms with van der Waals surface area (Å²) >= 11 is 3.43. The average molecular weight is 356 g/mol. The van der Waals surface area contributed by atoms with Crippen LogP contribution in [0.1, 0.15) is 0 Å². The molecule has 0 bridgehead atoms. The summed E-state index contributed by atoms with van der Waals surface area (Å²) in [6.07, 6.45) is 2.02. The third kappa shape index (κ3) is 1.89. The summed E-state index contributed by atoms with van der Waals surface area (Å²) in [6, 6.07) is 15.9. The van der Waals surface area contributed by atoms with Gasteiger partial charge in [0.15, 0.2) is 0 Å². The van der Waals surface area contributed by atoms with Crippen LogP contribution in [0.3, 0.4) is 0 Å². The first-order valence-corrected chi connectivity index (χ1v) is 7.74. The van der Waals surface area contributed by atoms with Gasteiger partial charge < -0.3 is 10.0 Å². The topological polar surface area (TPSA) is 38.7 Å². The largest absolute Gasteiger partial charge is 0.492 e. The molecule has 0 fully saturated rings. The Balaban J connectivity index is 1.90. The molecule has 0 atom stereocenters. The monoisotopic (exact) mass is 355 g/mol. The van der Waals surface area contributed by atoms with Crippen LogP contribution >= 0.6 is 15.9 Å². The third-order valence-corrected chi connectivity index (χ3v) is 4.41. The van der Waals surface area contributed by atoms with Crippen LogP contribution in [-0.4, -0.2) is 17.1 Å². The van der Waals surface area contributed by atoms with E-state index in [1.807, 2.05) is 54.5 Å². The molecule has 0 saturated heterocycles. The van der Waals surface area contributed by atoms with Crippen molar-refractivity contribution in [2.75, 3.05) is 12.1 Å². The SMILES string of the molecule is CN1C=c2ccccc2=C2NN(c3ccc(Br)cc3)C(O)=C21. The van der Waals surface area contributed by atoms with Crippen molar-refractivity contribution in [3.05, 3.63) is 75.0 Å². The summed E-state index contributed by atoms with van der Waals surface area (Å²) in [5, 5.41) is 14.6. The number of anilines is 1. The zero-order valence-corrected chi connectivity index (χ0v) is 13.5. The summed E-state index contributed by atoms with van der Waals surface area (Å²) < 4.78 is 1.00. The maximum atomic E-state index is 10.7. The predicted molar refractivity (Wildman–Crippen MR) is 90.7 cm³/mol. The van der Waals surface area contributed by atoms with Gasteiger partial charge in [0, 0.05) is 28.2 Å². The van der Waals surface area contributed by atoms with Crippen molar-refractivity contribution in [3.8, 4) is 0 Å². The van der Waals surface area contributed by atoms with Crippen molar-refractivity contribution < 1.29 is 5.11 Å². The van der Waals surface area contributed by atoms with Gasteiger partial charge in [-0.25, -0.2) is 5.01 Å². The minimum Gasteiger partial charge on any atom is -0.492 e. The number of nitrogens with zero attached hydrogens (tertiary/aromatic N) is 2. The first kappa shape index (κ1) is 13.3. The van der Waals surface area contributed by atoms with Gasteiger partial charge in [-0.2, -0.15) is 0 Å². The smallest absolute Gasteiger partial charge is 0.237 e. The van der Waals surface area contributed by atoms with Crippen LogP contribution in [0.2, 0.25) is 0 Å². The Morgan fingerprint density at radius 1 is 1.05 bits per heavy atom. The summed E-state index contributed by atoms with van der Waals surface area (Å²) in [5.74, 6) is 0.200. The molecule has 2 aromatic carbocycles. The van der Waals surface area contributed by atoms with E-state index in [1.54, 1.807) is 5.01 Å². The van der Waals surface area contributed by atoms with Crippen LogP contribution in [0.15, 0.2) is 64.6 Å². The minimum atomic E-state index is 0.200. The molecule has 0 aliphatic carbocycles. The van der Waals surface area contributed by atoms with Crippen molar-refractivity contribution in [3.63, 3.8) is 0 Å². The van der Waals surface area contributed by atoms with Crippen molar-refractivity contribution in [1.29, 1.82) is 0 Å². The van der Waals surface area contributed by atoms with Gasteiger partial charge in [-0.15, -0.1) is 0 Å². The first-order valence-electron chi connectivity index (χ1n) is 6.95. The number of benzene rings is 2. The van der Waals surface area contributed by atoms with E-state index in [0.29, 0.717) is 0 Å². The maximum Gasteiger partial charge on any atom is 0.237 e. The van der Waals surface area contributed by atoms with E-state index in [9.17, 15) is 5.11 Å². The van der Waals surface area contributed by atoms with Gasteiger partial charge >= 0.3 is 0 Å². The molecule has 2 N–H and O–H groups in total. The van der Waals surface area contributed by atoms with E-state index >= 15 is 0 Å². The van der Waals surface area contributed by atoms with Crippen LogP contribution in [-0.2, 0) is 0 Å². The lowest BCUT2D eigenvalue weighted by molar-refractivity contribution is 0.376. The fourth-order valence-electron chi connectivity index (χ4n) is 2.84. The van der Waals surface area contributed by atoms with Crippen molar-refractivity contribution in [2.24, 2.45) is 0 Å². The second kappa shape index (κ2) is 4.81. The molecule has 2 heterocycles. The highest BCUT2D eigenvalue weighted by Crippen LogP contribution is 2.30. The quantitative estimate of drug-likeness (QED) is 0.820. The third-order valence-electron chi connectivity index (χ3n) is 3.88. The Hall–Kier alpha value is -2.40. The summed E-state index contributed by atoms with van der Waals surface area (Å²) in [6.45, 7) is 0.